The minimum atomic E-state index is -3.93. The van der Waals surface area contributed by atoms with E-state index in [1.807, 2.05) is 4.72 Å². The third kappa shape index (κ3) is 3.49. The van der Waals surface area contributed by atoms with Crippen LogP contribution in [0.2, 0.25) is 0 Å². The predicted octanol–water partition coefficient (Wildman–Crippen LogP) is -1.36. The Morgan fingerprint density at radius 2 is 2.28 bits per heavy atom. The molecule has 0 fully saturated rings. The number of nitrogens with two attached hydrogens (primary N) is 1. The van der Waals surface area contributed by atoms with E-state index in [0.717, 1.165) is 12.3 Å². The first-order valence-electron chi connectivity index (χ1n) is 4.71. The van der Waals surface area contributed by atoms with Gasteiger partial charge in [0, 0.05) is 12.7 Å². The fraction of sp³-hybridized carbons (Fsp3) is 0.222. The highest BCUT2D eigenvalue weighted by Crippen LogP contribution is 2.05. The minimum absolute atomic E-state index is 0.219. The van der Waals surface area contributed by atoms with Gasteiger partial charge in [-0.15, -0.1) is 0 Å². The summed E-state index contributed by atoms with van der Waals surface area (Å²) in [5.74, 6) is -1.31. The maximum Gasteiger partial charge on any atom is 0.321 e. The summed E-state index contributed by atoms with van der Waals surface area (Å²) < 4.78 is 25.3. The van der Waals surface area contributed by atoms with Gasteiger partial charge in [-0.3, -0.25) is 4.79 Å². The van der Waals surface area contributed by atoms with Crippen molar-refractivity contribution < 1.29 is 18.3 Å². The molecule has 96 valence electrons. The number of rotatable bonds is 5. The number of aromatic nitrogens is 1. The molecular formula is C9H10N4O4S. The second-order valence-corrected chi connectivity index (χ2v) is 5.01. The zero-order chi connectivity index (χ0) is 13.8. The summed E-state index contributed by atoms with van der Waals surface area (Å²) in [5.41, 5.74) is 5.38. The number of sulfonamides is 1. The van der Waals surface area contributed by atoms with E-state index in [9.17, 15) is 13.2 Å². The van der Waals surface area contributed by atoms with Crippen molar-refractivity contribution in [3.05, 3.63) is 23.9 Å². The monoisotopic (exact) mass is 270 g/mol. The maximum atomic E-state index is 11.7. The Kier molecular flexibility index (Phi) is 4.33. The van der Waals surface area contributed by atoms with Gasteiger partial charge in [-0.25, -0.2) is 18.1 Å². The van der Waals surface area contributed by atoms with E-state index < -0.39 is 28.6 Å². The van der Waals surface area contributed by atoms with Gasteiger partial charge in [0.1, 0.15) is 12.1 Å². The van der Waals surface area contributed by atoms with E-state index in [4.69, 9.17) is 16.1 Å². The van der Waals surface area contributed by atoms with Crippen molar-refractivity contribution in [1.29, 1.82) is 5.26 Å². The summed E-state index contributed by atoms with van der Waals surface area (Å²) in [6.45, 7) is -0.445. The van der Waals surface area contributed by atoms with E-state index in [-0.39, 0.29) is 10.6 Å². The van der Waals surface area contributed by atoms with Crippen LogP contribution in [0.25, 0.3) is 0 Å². The third-order valence-electron chi connectivity index (χ3n) is 1.95. The molecule has 0 unspecified atom stereocenters. The topological polar surface area (TPSA) is 146 Å². The largest absolute Gasteiger partial charge is 0.480 e. The fourth-order valence-corrected chi connectivity index (χ4v) is 1.95. The molecule has 18 heavy (non-hydrogen) atoms. The number of nitrogens with zero attached hydrogens (tertiary/aromatic N) is 2. The Morgan fingerprint density at radius 3 is 2.72 bits per heavy atom. The SMILES string of the molecule is N#Cc1ccc(S(=O)(=O)NC[C@H](N)C(=O)O)nc1. The highest BCUT2D eigenvalue weighted by molar-refractivity contribution is 7.89. The lowest BCUT2D eigenvalue weighted by Crippen LogP contribution is -2.42. The first-order valence-corrected chi connectivity index (χ1v) is 6.19. The lowest BCUT2D eigenvalue weighted by Gasteiger charge is -2.08. The van der Waals surface area contributed by atoms with Crippen LogP contribution >= 0.6 is 0 Å². The summed E-state index contributed by atoms with van der Waals surface area (Å²) in [5, 5.41) is 16.7. The number of hydrogen-bond acceptors (Lipinski definition) is 6. The van der Waals surface area contributed by atoms with E-state index in [1.165, 1.54) is 6.07 Å². The highest BCUT2D eigenvalue weighted by Gasteiger charge is 2.19. The third-order valence-corrected chi connectivity index (χ3v) is 3.29. The van der Waals surface area contributed by atoms with Gasteiger partial charge in [-0.1, -0.05) is 0 Å². The first-order chi connectivity index (χ1) is 8.36. The van der Waals surface area contributed by atoms with Crippen LogP contribution in [-0.2, 0) is 14.8 Å². The van der Waals surface area contributed by atoms with Crippen molar-refractivity contribution in [2.45, 2.75) is 11.1 Å². The van der Waals surface area contributed by atoms with Crippen molar-refractivity contribution in [3.63, 3.8) is 0 Å². The number of nitriles is 1. The summed E-state index contributed by atoms with van der Waals surface area (Å²) >= 11 is 0. The van der Waals surface area contributed by atoms with Gasteiger partial charge in [0.25, 0.3) is 10.0 Å². The lowest BCUT2D eigenvalue weighted by atomic mass is 10.3. The van der Waals surface area contributed by atoms with Gasteiger partial charge in [0.15, 0.2) is 5.03 Å². The van der Waals surface area contributed by atoms with Crippen LogP contribution in [0, 0.1) is 11.3 Å². The smallest absolute Gasteiger partial charge is 0.321 e. The molecule has 1 aromatic heterocycles. The lowest BCUT2D eigenvalue weighted by molar-refractivity contribution is -0.138. The number of carboxylic acid groups (broad SMARTS) is 1. The van der Waals surface area contributed by atoms with E-state index in [2.05, 4.69) is 4.98 Å². The zero-order valence-corrected chi connectivity index (χ0v) is 9.88. The van der Waals surface area contributed by atoms with Crippen molar-refractivity contribution in [3.8, 4) is 6.07 Å². The Bertz CT molecular complexity index is 576. The molecule has 1 aromatic rings. The average Bonchev–Trinajstić information content (AvgIpc) is 2.36. The van der Waals surface area contributed by atoms with Gasteiger partial charge in [-0.2, -0.15) is 5.26 Å². The normalized spacial score (nSPS) is 12.7. The molecule has 0 radical (unpaired) electrons. The molecule has 0 aliphatic rings. The Labute approximate surface area is 103 Å². The molecule has 1 atom stereocenters. The highest BCUT2D eigenvalue weighted by atomic mass is 32.2. The molecule has 0 amide bonds. The van der Waals surface area contributed by atoms with Crippen LogP contribution in [-0.4, -0.2) is 37.1 Å². The van der Waals surface area contributed by atoms with Gasteiger partial charge in [0.2, 0.25) is 0 Å². The summed E-state index contributed by atoms with van der Waals surface area (Å²) in [4.78, 5) is 14.0. The van der Waals surface area contributed by atoms with Crippen LogP contribution in [0.3, 0.4) is 0 Å². The molecule has 0 aromatic carbocycles. The molecule has 0 aliphatic heterocycles. The number of hydrogen-bond donors (Lipinski definition) is 3. The standard InChI is InChI=1S/C9H10N4O4S/c10-3-6-1-2-8(12-4-6)18(16,17)13-5-7(11)9(14)15/h1-2,4,7,13H,5,11H2,(H,14,15)/t7-/m0/s1. The Morgan fingerprint density at radius 1 is 1.61 bits per heavy atom. The van der Waals surface area contributed by atoms with Gasteiger partial charge < -0.3 is 10.8 Å². The minimum Gasteiger partial charge on any atom is -0.480 e. The maximum absolute atomic E-state index is 11.7. The van der Waals surface area contributed by atoms with Gasteiger partial charge in [0.05, 0.1) is 5.56 Å². The van der Waals surface area contributed by atoms with Crippen LogP contribution in [0.15, 0.2) is 23.4 Å². The first kappa shape index (κ1) is 14.0. The number of aliphatic carboxylic acids is 1. The average molecular weight is 270 g/mol. The summed E-state index contributed by atoms with van der Waals surface area (Å²) in [6.07, 6.45) is 1.10. The number of nitrogens with one attached hydrogen (secondary N) is 1. The molecule has 0 bridgehead atoms. The molecule has 8 nitrogen and oxygen atoms in total. The molecule has 0 spiro atoms. The van der Waals surface area contributed by atoms with Gasteiger partial charge in [-0.05, 0) is 12.1 Å². The van der Waals surface area contributed by atoms with E-state index >= 15 is 0 Å². The second-order valence-electron chi connectivity index (χ2n) is 3.29. The van der Waals surface area contributed by atoms with Crippen LogP contribution in [0.1, 0.15) is 5.56 Å². The summed E-state index contributed by atoms with van der Waals surface area (Å²) in [7, 11) is -3.93. The van der Waals surface area contributed by atoms with Crippen molar-refractivity contribution in [2.24, 2.45) is 5.73 Å². The quantitative estimate of drug-likeness (QED) is 0.599. The molecule has 9 heteroatoms. The Balaban J connectivity index is 2.80. The number of pyridine rings is 1. The van der Waals surface area contributed by atoms with E-state index in [1.54, 1.807) is 6.07 Å². The van der Waals surface area contributed by atoms with Crippen molar-refractivity contribution in [2.75, 3.05) is 6.54 Å². The van der Waals surface area contributed by atoms with Gasteiger partial charge >= 0.3 is 5.97 Å². The Hall–Kier alpha value is -2.02. The van der Waals surface area contributed by atoms with Crippen LogP contribution in [0.4, 0.5) is 0 Å². The van der Waals surface area contributed by atoms with Crippen LogP contribution in [0.5, 0.6) is 0 Å². The molecule has 4 N–H and O–H groups in total. The zero-order valence-electron chi connectivity index (χ0n) is 9.07. The van der Waals surface area contributed by atoms with Crippen LogP contribution < -0.4 is 10.5 Å². The molecular weight excluding hydrogens is 260 g/mol. The summed E-state index contributed by atoms with van der Waals surface area (Å²) in [6, 6.07) is 2.90. The number of carbonyl (C=O) groups is 1. The molecule has 0 saturated heterocycles. The van der Waals surface area contributed by atoms with Crippen molar-refractivity contribution in [1.82, 2.24) is 9.71 Å². The molecule has 1 rings (SSSR count). The molecule has 0 aliphatic carbocycles. The van der Waals surface area contributed by atoms with Crippen molar-refractivity contribution >= 4 is 16.0 Å². The van der Waals surface area contributed by atoms with E-state index in [0.29, 0.717) is 0 Å². The molecule has 1 heterocycles. The fourth-order valence-electron chi connectivity index (χ4n) is 0.966. The second kappa shape index (κ2) is 5.54. The molecule has 0 saturated carbocycles. The predicted molar refractivity (Wildman–Crippen MR) is 59.8 cm³/mol. The number of carboxylic acids is 1.